The highest BCUT2D eigenvalue weighted by Crippen LogP contribution is 2.35. The highest BCUT2D eigenvalue weighted by molar-refractivity contribution is 5.93. The van der Waals surface area contributed by atoms with Crippen LogP contribution in [0.15, 0.2) is 16.7 Å². The third-order valence-corrected chi connectivity index (χ3v) is 4.23. The van der Waals surface area contributed by atoms with Crippen LogP contribution in [-0.2, 0) is 11.5 Å². The molecule has 0 saturated heterocycles. The number of aryl methyl sites for hydroxylation is 1. The second-order valence-electron chi connectivity index (χ2n) is 7.41. The molecule has 1 fully saturated rings. The molecule has 3 rings (SSSR count). The summed E-state index contributed by atoms with van der Waals surface area (Å²) in [5.41, 5.74) is -1.30. The number of carbonyl (C=O) groups excluding carboxylic acids is 1. The van der Waals surface area contributed by atoms with E-state index in [-0.39, 0.29) is 17.1 Å². The van der Waals surface area contributed by atoms with Gasteiger partial charge in [0.15, 0.2) is 5.82 Å². The third-order valence-electron chi connectivity index (χ3n) is 4.23. The lowest BCUT2D eigenvalue weighted by Gasteiger charge is -2.22. The van der Waals surface area contributed by atoms with Crippen LogP contribution in [0.3, 0.4) is 0 Å². The molecule has 0 spiro atoms. The number of hydrogen-bond donors (Lipinski definition) is 1. The molecule has 1 aliphatic carbocycles. The normalized spacial score (nSPS) is 14.9. The summed E-state index contributed by atoms with van der Waals surface area (Å²) in [6.45, 7) is 6.13. The Balaban J connectivity index is 1.82. The van der Waals surface area contributed by atoms with Crippen molar-refractivity contribution in [3.8, 4) is 5.88 Å². The molecule has 0 aromatic carbocycles. The van der Waals surface area contributed by atoms with Gasteiger partial charge in [0.05, 0.1) is 17.7 Å². The lowest BCUT2D eigenvalue weighted by Crippen LogP contribution is -2.42. The Morgan fingerprint density at radius 1 is 1.30 bits per heavy atom. The van der Waals surface area contributed by atoms with E-state index in [1.54, 1.807) is 20.8 Å². The van der Waals surface area contributed by atoms with E-state index < -0.39 is 17.4 Å². The Hall–Kier alpha value is -2.58. The quantitative estimate of drug-likeness (QED) is 0.792. The van der Waals surface area contributed by atoms with Crippen molar-refractivity contribution in [1.29, 1.82) is 0 Å². The van der Waals surface area contributed by atoms with E-state index in [4.69, 9.17) is 9.26 Å². The van der Waals surface area contributed by atoms with Crippen LogP contribution < -0.4 is 10.1 Å². The summed E-state index contributed by atoms with van der Waals surface area (Å²) in [5, 5.41) is 6.54. The fourth-order valence-corrected chi connectivity index (χ4v) is 2.45. The molecular weight excluding hydrogens is 358 g/mol. The maximum Gasteiger partial charge on any atom is 0.275 e. The van der Waals surface area contributed by atoms with Crippen LogP contribution in [0.25, 0.3) is 0 Å². The topological polar surface area (TPSA) is 90.1 Å². The molecule has 1 amide bonds. The predicted molar refractivity (Wildman–Crippen MR) is 91.6 cm³/mol. The van der Waals surface area contributed by atoms with Gasteiger partial charge in [0.2, 0.25) is 11.8 Å². The highest BCUT2D eigenvalue weighted by Gasteiger charge is 2.33. The summed E-state index contributed by atoms with van der Waals surface area (Å²) in [6, 6.07) is 2.43. The van der Waals surface area contributed by atoms with Crippen molar-refractivity contribution >= 4 is 5.91 Å². The molecule has 1 saturated carbocycles. The van der Waals surface area contributed by atoms with Gasteiger partial charge in [-0.25, -0.2) is 13.8 Å². The van der Waals surface area contributed by atoms with Crippen LogP contribution in [0.4, 0.5) is 8.78 Å². The number of nitrogens with one attached hydrogen (secondary N) is 1. The zero-order valence-electron chi connectivity index (χ0n) is 15.7. The molecule has 0 atom stereocenters. The van der Waals surface area contributed by atoms with Crippen LogP contribution in [0.2, 0.25) is 0 Å². The minimum Gasteiger partial charge on any atom is -0.477 e. The molecule has 27 heavy (non-hydrogen) atoms. The summed E-state index contributed by atoms with van der Waals surface area (Å²) < 4.78 is 38.1. The molecule has 2 aromatic heterocycles. The molecular formula is C18H22F2N4O3. The van der Waals surface area contributed by atoms with Gasteiger partial charge < -0.3 is 14.6 Å². The van der Waals surface area contributed by atoms with E-state index in [1.165, 1.54) is 12.1 Å². The molecule has 146 valence electrons. The number of carbonyl (C=O) groups is 1. The van der Waals surface area contributed by atoms with Crippen molar-refractivity contribution in [2.75, 3.05) is 6.61 Å². The highest BCUT2D eigenvalue weighted by atomic mass is 19.3. The van der Waals surface area contributed by atoms with Gasteiger partial charge in [-0.15, -0.1) is 0 Å². The zero-order valence-corrected chi connectivity index (χ0v) is 15.7. The molecule has 7 nitrogen and oxygen atoms in total. The number of aromatic nitrogens is 3. The first kappa shape index (κ1) is 19.2. The molecule has 1 N–H and O–H groups in total. The number of pyridine rings is 1. The summed E-state index contributed by atoms with van der Waals surface area (Å²) in [5.74, 6) is -2.85. The van der Waals surface area contributed by atoms with Crippen LogP contribution >= 0.6 is 0 Å². The van der Waals surface area contributed by atoms with E-state index in [9.17, 15) is 13.6 Å². The van der Waals surface area contributed by atoms with E-state index in [1.807, 2.05) is 0 Å². The lowest BCUT2D eigenvalue weighted by atomic mass is 10.0. The summed E-state index contributed by atoms with van der Waals surface area (Å²) >= 11 is 0. The van der Waals surface area contributed by atoms with Crippen LogP contribution in [-0.4, -0.2) is 27.6 Å². The predicted octanol–water partition coefficient (Wildman–Crippen LogP) is 3.34. The average Bonchev–Trinajstić information content (AvgIpc) is 3.30. The minimum atomic E-state index is -3.12. The Morgan fingerprint density at radius 2 is 2.00 bits per heavy atom. The summed E-state index contributed by atoms with van der Waals surface area (Å²) in [6.07, 6.45) is 2.02. The SMILES string of the molecule is Cc1nc(C(C)(C)NC(=O)c2ccc(C(C)(F)F)c(OCC3CC3)n2)no1. The largest absolute Gasteiger partial charge is 0.477 e. The standard InChI is InChI=1S/C18H22F2N4O3/c1-10-21-16(24-27-10)17(2,3)23-14(25)13-8-7-12(18(4,19)20)15(22-13)26-9-11-5-6-11/h7-8,11H,5-6,9H2,1-4H3,(H,23,25). The van der Waals surface area contributed by atoms with E-state index >= 15 is 0 Å². The van der Waals surface area contributed by atoms with E-state index in [0.29, 0.717) is 24.2 Å². The fourth-order valence-electron chi connectivity index (χ4n) is 2.45. The summed E-state index contributed by atoms with van der Waals surface area (Å²) in [4.78, 5) is 20.8. The van der Waals surface area contributed by atoms with Crippen molar-refractivity contribution in [3.05, 3.63) is 35.1 Å². The first-order valence-electron chi connectivity index (χ1n) is 8.72. The van der Waals surface area contributed by atoms with Gasteiger partial charge in [0, 0.05) is 13.8 Å². The molecule has 0 bridgehead atoms. The van der Waals surface area contributed by atoms with Crippen molar-refractivity contribution in [3.63, 3.8) is 0 Å². The number of ether oxygens (including phenoxy) is 1. The van der Waals surface area contributed by atoms with Gasteiger partial charge >= 0.3 is 0 Å². The van der Waals surface area contributed by atoms with Crippen molar-refractivity contribution in [1.82, 2.24) is 20.4 Å². The number of rotatable bonds is 7. The second kappa shape index (κ2) is 6.86. The van der Waals surface area contributed by atoms with Crippen molar-refractivity contribution < 1.29 is 22.8 Å². The number of amides is 1. The molecule has 9 heteroatoms. The van der Waals surface area contributed by atoms with E-state index in [0.717, 1.165) is 19.8 Å². The lowest BCUT2D eigenvalue weighted by molar-refractivity contribution is 0.0135. The fraction of sp³-hybridized carbons (Fsp3) is 0.556. The molecule has 0 aliphatic heterocycles. The van der Waals surface area contributed by atoms with Gasteiger partial charge in [-0.05, 0) is 44.7 Å². The van der Waals surface area contributed by atoms with Gasteiger partial charge in [0.25, 0.3) is 11.8 Å². The number of nitrogens with zero attached hydrogens (tertiary/aromatic N) is 3. The second-order valence-corrected chi connectivity index (χ2v) is 7.41. The van der Waals surface area contributed by atoms with Gasteiger partial charge in [-0.2, -0.15) is 4.98 Å². The number of alkyl halides is 2. The Kier molecular flexibility index (Phi) is 4.88. The van der Waals surface area contributed by atoms with Gasteiger partial charge in [-0.3, -0.25) is 4.79 Å². The molecule has 0 radical (unpaired) electrons. The molecule has 2 heterocycles. The maximum absolute atomic E-state index is 13.8. The number of halogens is 2. The maximum atomic E-state index is 13.8. The third kappa shape index (κ3) is 4.58. The van der Waals surface area contributed by atoms with E-state index in [2.05, 4.69) is 20.4 Å². The smallest absolute Gasteiger partial charge is 0.275 e. The molecule has 2 aromatic rings. The monoisotopic (exact) mass is 380 g/mol. The molecule has 1 aliphatic rings. The first-order chi connectivity index (χ1) is 12.6. The zero-order chi connectivity index (χ0) is 19.8. The Labute approximate surface area is 155 Å². The Morgan fingerprint density at radius 3 is 2.56 bits per heavy atom. The van der Waals surface area contributed by atoms with Crippen molar-refractivity contribution in [2.45, 2.75) is 52.0 Å². The first-order valence-corrected chi connectivity index (χ1v) is 8.72. The number of hydrogen-bond acceptors (Lipinski definition) is 6. The molecule has 0 unspecified atom stereocenters. The van der Waals surface area contributed by atoms with Crippen LogP contribution in [0.1, 0.15) is 61.4 Å². The average molecular weight is 380 g/mol. The Bertz CT molecular complexity index is 841. The van der Waals surface area contributed by atoms with Crippen molar-refractivity contribution in [2.24, 2.45) is 5.92 Å². The summed E-state index contributed by atoms with van der Waals surface area (Å²) in [7, 11) is 0. The van der Waals surface area contributed by atoms with Crippen LogP contribution in [0, 0.1) is 12.8 Å². The van der Waals surface area contributed by atoms with Gasteiger partial charge in [-0.1, -0.05) is 5.16 Å². The minimum absolute atomic E-state index is 0.0258. The van der Waals surface area contributed by atoms with Gasteiger partial charge in [0.1, 0.15) is 5.69 Å². The van der Waals surface area contributed by atoms with Crippen LogP contribution in [0.5, 0.6) is 5.88 Å².